The van der Waals surface area contributed by atoms with Crippen molar-refractivity contribution in [3.63, 3.8) is 0 Å². The zero-order valence-electron chi connectivity index (χ0n) is 9.49. The van der Waals surface area contributed by atoms with Crippen LogP contribution in [0.1, 0.15) is 25.7 Å². The molecule has 1 spiro atoms. The average Bonchev–Trinajstić information content (AvgIpc) is 2.63. The fourth-order valence-corrected chi connectivity index (χ4v) is 4.22. The molecule has 17 heavy (non-hydrogen) atoms. The number of carbonyl (C=O) groups is 2. The van der Waals surface area contributed by atoms with Crippen LogP contribution in [0.2, 0.25) is 0 Å². The first-order valence-electron chi connectivity index (χ1n) is 5.71. The van der Waals surface area contributed by atoms with Crippen LogP contribution < -0.4 is 0 Å². The van der Waals surface area contributed by atoms with Crippen LogP contribution in [0.3, 0.4) is 0 Å². The molecule has 0 aromatic heterocycles. The Morgan fingerprint density at radius 3 is 1.82 bits per heavy atom. The lowest BCUT2D eigenvalue weighted by atomic mass is 9.89. The second kappa shape index (κ2) is 2.51. The molecule has 2 atom stereocenters. The van der Waals surface area contributed by atoms with E-state index in [1.54, 1.807) is 0 Å². The molecule has 0 aromatic carbocycles. The van der Waals surface area contributed by atoms with E-state index in [0.29, 0.717) is 12.8 Å². The predicted molar refractivity (Wildman–Crippen MR) is 54.8 cm³/mol. The summed E-state index contributed by atoms with van der Waals surface area (Å²) in [6.07, 6.45) is 3.05. The third-order valence-electron chi connectivity index (χ3n) is 4.98. The summed E-state index contributed by atoms with van der Waals surface area (Å²) in [5, 5.41) is 18.8. The van der Waals surface area contributed by atoms with Crippen LogP contribution in [0.5, 0.6) is 0 Å². The number of nitriles is 2. The lowest BCUT2D eigenvalue weighted by Gasteiger charge is -2.21. The van der Waals surface area contributed by atoms with Crippen LogP contribution in [0.25, 0.3) is 0 Å². The molecule has 3 fully saturated rings. The number of carbonyl (C=O) groups excluding carboxylic acids is 2. The number of fused-ring (bicyclic) bond motifs is 3. The molecule has 86 valence electrons. The molecule has 1 saturated heterocycles. The van der Waals surface area contributed by atoms with Gasteiger partial charge in [0.05, 0.1) is 12.1 Å². The van der Waals surface area contributed by atoms with Crippen molar-refractivity contribution < 1.29 is 9.59 Å². The molecule has 0 radical (unpaired) electrons. The molecule has 5 nitrogen and oxygen atoms in total. The van der Waals surface area contributed by atoms with Gasteiger partial charge in [-0.2, -0.15) is 10.5 Å². The van der Waals surface area contributed by atoms with Crippen molar-refractivity contribution in [1.29, 1.82) is 10.5 Å². The van der Waals surface area contributed by atoms with Crippen molar-refractivity contribution >= 4 is 11.8 Å². The largest absolute Gasteiger partial charge is 0.283 e. The highest BCUT2D eigenvalue weighted by Gasteiger charge is 2.99. The van der Waals surface area contributed by atoms with Gasteiger partial charge in [-0.15, -0.1) is 0 Å². The quantitative estimate of drug-likeness (QED) is 0.568. The molecule has 3 aliphatic rings. The summed E-state index contributed by atoms with van der Waals surface area (Å²) in [4.78, 5) is 25.3. The van der Waals surface area contributed by atoms with E-state index in [4.69, 9.17) is 0 Å². The van der Waals surface area contributed by atoms with Gasteiger partial charge < -0.3 is 0 Å². The van der Waals surface area contributed by atoms with E-state index < -0.39 is 28.1 Å². The first-order chi connectivity index (χ1) is 8.05. The van der Waals surface area contributed by atoms with Gasteiger partial charge in [0.15, 0.2) is 10.8 Å². The molecule has 3 rings (SSSR count). The summed E-state index contributed by atoms with van der Waals surface area (Å²) < 4.78 is 0. The lowest BCUT2D eigenvalue weighted by Crippen LogP contribution is -2.38. The number of hydrogen-bond acceptors (Lipinski definition) is 4. The van der Waals surface area contributed by atoms with E-state index in [1.165, 1.54) is 7.05 Å². The van der Waals surface area contributed by atoms with Gasteiger partial charge in [0.2, 0.25) is 0 Å². The minimum atomic E-state index is -1.39. The Balaban J connectivity index is 2.28. The van der Waals surface area contributed by atoms with Crippen LogP contribution in [-0.4, -0.2) is 23.8 Å². The van der Waals surface area contributed by atoms with E-state index in [9.17, 15) is 20.1 Å². The summed E-state index contributed by atoms with van der Waals surface area (Å²) in [6.45, 7) is 0. The highest BCUT2D eigenvalue weighted by atomic mass is 16.2. The van der Waals surface area contributed by atoms with Gasteiger partial charge in [-0.25, -0.2) is 0 Å². The van der Waals surface area contributed by atoms with Gasteiger partial charge in [0.25, 0.3) is 11.8 Å². The molecular formula is C12H11N3O2. The fraction of sp³-hybridized carbons (Fsp3) is 0.667. The minimum absolute atomic E-state index is 0.478. The Labute approximate surface area is 98.6 Å². The number of piperidine rings is 1. The van der Waals surface area contributed by atoms with Gasteiger partial charge in [0.1, 0.15) is 0 Å². The number of amides is 2. The maximum Gasteiger partial charge on any atom is 0.252 e. The SMILES string of the molecule is CN1C(=O)[C@@]2(C#N)C3(CCCC3)[C@@]2(C#N)C1=O. The maximum atomic E-state index is 12.2. The van der Waals surface area contributed by atoms with Gasteiger partial charge >= 0.3 is 0 Å². The average molecular weight is 229 g/mol. The van der Waals surface area contributed by atoms with E-state index in [-0.39, 0.29) is 0 Å². The van der Waals surface area contributed by atoms with Crippen LogP contribution >= 0.6 is 0 Å². The van der Waals surface area contributed by atoms with Crippen LogP contribution in [0, 0.1) is 38.9 Å². The maximum absolute atomic E-state index is 12.2. The van der Waals surface area contributed by atoms with Crippen molar-refractivity contribution in [1.82, 2.24) is 4.90 Å². The normalized spacial score (nSPS) is 41.2. The van der Waals surface area contributed by atoms with Crippen molar-refractivity contribution in [2.45, 2.75) is 25.7 Å². The van der Waals surface area contributed by atoms with E-state index >= 15 is 0 Å². The summed E-state index contributed by atoms with van der Waals surface area (Å²) in [7, 11) is 1.36. The Morgan fingerprint density at radius 1 is 1.06 bits per heavy atom. The Hall–Kier alpha value is -1.88. The Kier molecular flexibility index (Phi) is 1.52. The van der Waals surface area contributed by atoms with Crippen molar-refractivity contribution in [3.05, 3.63) is 0 Å². The molecule has 2 aliphatic carbocycles. The predicted octanol–water partition coefficient (Wildman–Crippen LogP) is 0.579. The fourth-order valence-electron chi connectivity index (χ4n) is 4.22. The summed E-state index contributed by atoms with van der Waals surface area (Å²) in [5.74, 6) is -0.957. The molecule has 0 N–H and O–H groups in total. The first-order valence-corrected chi connectivity index (χ1v) is 5.71. The number of nitrogens with zero attached hydrogens (tertiary/aromatic N) is 3. The molecular weight excluding hydrogens is 218 g/mol. The lowest BCUT2D eigenvalue weighted by molar-refractivity contribution is -0.143. The molecule has 0 aromatic rings. The second-order valence-electron chi connectivity index (χ2n) is 5.18. The molecule has 0 unspecified atom stereocenters. The number of hydrogen-bond donors (Lipinski definition) is 0. The van der Waals surface area contributed by atoms with Crippen LogP contribution in [-0.2, 0) is 9.59 Å². The summed E-state index contributed by atoms with van der Waals surface area (Å²) in [6, 6.07) is 4.03. The van der Waals surface area contributed by atoms with E-state index in [2.05, 4.69) is 0 Å². The number of rotatable bonds is 0. The molecule has 1 heterocycles. The molecule has 5 heteroatoms. The van der Waals surface area contributed by atoms with Gasteiger partial charge in [0, 0.05) is 12.5 Å². The van der Waals surface area contributed by atoms with Gasteiger partial charge in [-0.1, -0.05) is 12.8 Å². The topological polar surface area (TPSA) is 85.0 Å². The molecule has 2 saturated carbocycles. The second-order valence-corrected chi connectivity index (χ2v) is 5.18. The highest BCUT2D eigenvalue weighted by Crippen LogP contribution is 2.86. The van der Waals surface area contributed by atoms with Crippen molar-refractivity contribution in [3.8, 4) is 12.1 Å². The summed E-state index contributed by atoms with van der Waals surface area (Å²) >= 11 is 0. The number of imide groups is 1. The zero-order valence-corrected chi connectivity index (χ0v) is 9.49. The van der Waals surface area contributed by atoms with E-state index in [0.717, 1.165) is 17.7 Å². The Morgan fingerprint density at radius 2 is 1.47 bits per heavy atom. The Bertz CT molecular complexity index is 493. The molecule has 0 bridgehead atoms. The van der Waals surface area contributed by atoms with Crippen LogP contribution in [0.4, 0.5) is 0 Å². The van der Waals surface area contributed by atoms with Crippen molar-refractivity contribution in [2.24, 2.45) is 16.2 Å². The summed E-state index contributed by atoms with van der Waals surface area (Å²) in [5.41, 5.74) is -3.47. The van der Waals surface area contributed by atoms with E-state index in [1.807, 2.05) is 12.1 Å². The zero-order chi connectivity index (χ0) is 12.5. The van der Waals surface area contributed by atoms with Gasteiger partial charge in [-0.05, 0) is 12.8 Å². The third kappa shape index (κ3) is 0.614. The molecule has 2 amide bonds. The highest BCUT2D eigenvalue weighted by molar-refractivity contribution is 6.19. The monoisotopic (exact) mass is 229 g/mol. The number of likely N-dealkylation sites (tertiary alicyclic amines) is 1. The third-order valence-corrected chi connectivity index (χ3v) is 4.98. The smallest absolute Gasteiger partial charge is 0.252 e. The van der Waals surface area contributed by atoms with Crippen LogP contribution in [0.15, 0.2) is 0 Å². The van der Waals surface area contributed by atoms with Crippen molar-refractivity contribution in [2.75, 3.05) is 7.05 Å². The molecule has 1 aliphatic heterocycles. The first kappa shape index (κ1) is 10.3. The standard InChI is InChI=1S/C12H11N3O2/c1-15-8(16)11(6-13)10(4-2-3-5-10)12(11,7-14)9(15)17/h2-5H2,1H3/t11-,12+. The minimum Gasteiger partial charge on any atom is -0.283 e. The van der Waals surface area contributed by atoms with Gasteiger partial charge in [-0.3, -0.25) is 14.5 Å².